The Kier molecular flexibility index (Phi) is 6.49. The predicted octanol–water partition coefficient (Wildman–Crippen LogP) is 4.99. The zero-order valence-corrected chi connectivity index (χ0v) is 19.4. The van der Waals surface area contributed by atoms with Gasteiger partial charge in [-0.3, -0.25) is 0 Å². The second-order valence-corrected chi connectivity index (χ2v) is 7.93. The molecule has 0 aromatic heterocycles. The summed E-state index contributed by atoms with van der Waals surface area (Å²) < 4.78 is 39.6. The highest BCUT2D eigenvalue weighted by Gasteiger charge is 2.32. The first kappa shape index (κ1) is 23.2. The highest BCUT2D eigenvalue weighted by atomic mass is 19.1. The summed E-state index contributed by atoms with van der Waals surface area (Å²) in [5, 5.41) is 8.57. The van der Waals surface area contributed by atoms with Gasteiger partial charge in [-0.2, -0.15) is 5.10 Å². The van der Waals surface area contributed by atoms with Gasteiger partial charge in [0.1, 0.15) is 17.3 Å². The lowest BCUT2D eigenvalue weighted by Crippen LogP contribution is -2.41. The number of urea groups is 1. The van der Waals surface area contributed by atoms with Crippen LogP contribution in [0, 0.1) is 11.6 Å². The molecule has 176 valence electrons. The first-order valence-corrected chi connectivity index (χ1v) is 10.8. The van der Waals surface area contributed by atoms with E-state index in [1.165, 1.54) is 44.5 Å². The summed E-state index contributed by atoms with van der Waals surface area (Å²) in [6.07, 6.45) is 0.232. The molecule has 0 saturated carbocycles. The van der Waals surface area contributed by atoms with Crippen LogP contribution in [-0.2, 0) is 6.42 Å². The Morgan fingerprint density at radius 3 is 2.15 bits per heavy atom. The second kappa shape index (κ2) is 9.51. The van der Waals surface area contributed by atoms with Crippen molar-refractivity contribution in [3.63, 3.8) is 0 Å². The van der Waals surface area contributed by atoms with Crippen LogP contribution < -0.4 is 14.8 Å². The Morgan fingerprint density at radius 2 is 1.59 bits per heavy atom. The van der Waals surface area contributed by atoms with Gasteiger partial charge in [-0.1, -0.05) is 36.4 Å². The van der Waals surface area contributed by atoms with E-state index in [0.29, 0.717) is 28.2 Å². The van der Waals surface area contributed by atoms with Crippen molar-refractivity contribution in [1.29, 1.82) is 0 Å². The van der Waals surface area contributed by atoms with Gasteiger partial charge < -0.3 is 14.8 Å². The van der Waals surface area contributed by atoms with Gasteiger partial charge in [0.15, 0.2) is 11.5 Å². The Labute approximate surface area is 196 Å². The predicted molar refractivity (Wildman–Crippen MR) is 126 cm³/mol. The first-order chi connectivity index (χ1) is 16.4. The van der Waals surface area contributed by atoms with Crippen molar-refractivity contribution in [2.24, 2.45) is 5.10 Å². The molecule has 1 atom stereocenters. The van der Waals surface area contributed by atoms with E-state index in [4.69, 9.17) is 9.47 Å². The summed E-state index contributed by atoms with van der Waals surface area (Å²) in [4.78, 5) is 12.6. The minimum Gasteiger partial charge on any atom is -0.493 e. The number of nitrogens with zero attached hydrogens (tertiary/aromatic N) is 2. The van der Waals surface area contributed by atoms with Gasteiger partial charge in [0.2, 0.25) is 0 Å². The van der Waals surface area contributed by atoms with Crippen LogP contribution >= 0.6 is 0 Å². The molecule has 0 fully saturated rings. The number of hydrogen-bond acceptors (Lipinski definition) is 4. The molecule has 0 bridgehead atoms. The molecule has 1 unspecified atom stereocenters. The molecule has 4 rings (SSSR count). The van der Waals surface area contributed by atoms with Gasteiger partial charge in [0, 0.05) is 24.2 Å². The molecule has 34 heavy (non-hydrogen) atoms. The van der Waals surface area contributed by atoms with Crippen LogP contribution in [0.5, 0.6) is 11.5 Å². The monoisotopic (exact) mass is 465 g/mol. The van der Waals surface area contributed by atoms with Gasteiger partial charge in [0.25, 0.3) is 0 Å². The van der Waals surface area contributed by atoms with Crippen LogP contribution in [0.3, 0.4) is 0 Å². The fourth-order valence-corrected chi connectivity index (χ4v) is 4.11. The van der Waals surface area contributed by atoms with Crippen LogP contribution in [0.4, 0.5) is 13.6 Å². The van der Waals surface area contributed by atoms with Crippen molar-refractivity contribution in [3.8, 4) is 22.6 Å². The minimum atomic E-state index is -0.464. The van der Waals surface area contributed by atoms with Crippen molar-refractivity contribution in [3.05, 3.63) is 82.9 Å². The van der Waals surface area contributed by atoms with E-state index in [0.717, 1.165) is 11.1 Å². The molecular formula is C26H25F2N3O3. The highest BCUT2D eigenvalue weighted by molar-refractivity contribution is 6.16. The van der Waals surface area contributed by atoms with E-state index in [1.807, 2.05) is 24.3 Å². The molecule has 1 N–H and O–H groups in total. The van der Waals surface area contributed by atoms with Crippen LogP contribution in [0.25, 0.3) is 11.1 Å². The summed E-state index contributed by atoms with van der Waals surface area (Å²) >= 11 is 0. The van der Waals surface area contributed by atoms with E-state index >= 15 is 4.39 Å². The highest BCUT2D eigenvalue weighted by Crippen LogP contribution is 2.39. The fraction of sp³-hybridized carbons (Fsp3) is 0.231. The zero-order valence-electron chi connectivity index (χ0n) is 19.4. The third-order valence-electron chi connectivity index (χ3n) is 5.84. The molecule has 1 aliphatic rings. The van der Waals surface area contributed by atoms with Gasteiger partial charge in [-0.25, -0.2) is 18.6 Å². The Bertz CT molecular complexity index is 1240. The van der Waals surface area contributed by atoms with E-state index in [1.54, 1.807) is 19.1 Å². The largest absolute Gasteiger partial charge is 0.493 e. The first-order valence-electron chi connectivity index (χ1n) is 10.8. The molecular weight excluding hydrogens is 440 g/mol. The van der Waals surface area contributed by atoms with E-state index in [-0.39, 0.29) is 18.0 Å². The number of hydrogen-bond donors (Lipinski definition) is 1. The number of hydrazone groups is 1. The molecule has 8 heteroatoms. The van der Waals surface area contributed by atoms with E-state index in [2.05, 4.69) is 10.4 Å². The van der Waals surface area contributed by atoms with E-state index in [9.17, 15) is 9.18 Å². The molecule has 3 aromatic rings. The van der Waals surface area contributed by atoms with Crippen molar-refractivity contribution in [1.82, 2.24) is 10.3 Å². The third kappa shape index (κ3) is 4.19. The summed E-state index contributed by atoms with van der Waals surface area (Å²) in [6, 6.07) is 14.0. The van der Waals surface area contributed by atoms with Crippen molar-refractivity contribution in [2.75, 3.05) is 21.3 Å². The molecule has 0 radical (unpaired) electrons. The van der Waals surface area contributed by atoms with Crippen LogP contribution in [-0.4, -0.2) is 44.1 Å². The lowest BCUT2D eigenvalue weighted by Gasteiger charge is -2.22. The zero-order chi connectivity index (χ0) is 24.4. The van der Waals surface area contributed by atoms with E-state index < -0.39 is 17.9 Å². The molecule has 6 nitrogen and oxygen atoms in total. The number of carbonyl (C=O) groups is 1. The fourth-order valence-electron chi connectivity index (χ4n) is 4.11. The molecule has 1 aliphatic heterocycles. The van der Waals surface area contributed by atoms with Gasteiger partial charge in [-0.15, -0.1) is 0 Å². The number of fused-ring (bicyclic) bond motifs is 1. The van der Waals surface area contributed by atoms with Crippen LogP contribution in [0.1, 0.15) is 23.6 Å². The summed E-state index contributed by atoms with van der Waals surface area (Å²) in [5.74, 6) is -0.202. The Morgan fingerprint density at radius 1 is 1.00 bits per heavy atom. The number of benzene rings is 3. The minimum absolute atomic E-state index is 0.232. The molecule has 0 saturated heterocycles. The molecule has 2 amide bonds. The quantitative estimate of drug-likeness (QED) is 0.591. The second-order valence-electron chi connectivity index (χ2n) is 7.93. The lowest BCUT2D eigenvalue weighted by molar-refractivity contribution is 0.184. The van der Waals surface area contributed by atoms with Gasteiger partial charge in [0.05, 0.1) is 25.8 Å². The van der Waals surface area contributed by atoms with Crippen LogP contribution in [0.2, 0.25) is 0 Å². The SMILES string of the molecule is CNC(=O)N1N=C(c2ccc(-c3ccc(F)cc3)cc2)c2c(c(F)cc(OC)c2OC)CC1C. The average Bonchev–Trinajstić information content (AvgIpc) is 3.01. The number of amides is 2. The maximum Gasteiger partial charge on any atom is 0.337 e. The van der Waals surface area contributed by atoms with Crippen molar-refractivity contribution in [2.45, 2.75) is 19.4 Å². The summed E-state index contributed by atoms with van der Waals surface area (Å²) in [5.41, 5.74) is 3.58. The van der Waals surface area contributed by atoms with Crippen molar-refractivity contribution < 1.29 is 23.0 Å². The Hall–Kier alpha value is -3.94. The summed E-state index contributed by atoms with van der Waals surface area (Å²) in [7, 11) is 4.44. The maximum atomic E-state index is 15.3. The van der Waals surface area contributed by atoms with Gasteiger partial charge >= 0.3 is 6.03 Å². The van der Waals surface area contributed by atoms with Crippen molar-refractivity contribution >= 4 is 11.7 Å². The molecule has 1 heterocycles. The average molecular weight is 466 g/mol. The number of rotatable bonds is 4. The smallest absolute Gasteiger partial charge is 0.337 e. The van der Waals surface area contributed by atoms with Gasteiger partial charge in [-0.05, 0) is 36.6 Å². The summed E-state index contributed by atoms with van der Waals surface area (Å²) in [6.45, 7) is 1.80. The molecule has 0 aliphatic carbocycles. The molecule has 0 spiro atoms. The maximum absolute atomic E-state index is 15.3. The standard InChI is InChI=1S/C26H25F2N3O3/c1-15-13-20-21(28)14-22(33-3)25(34-4)23(20)24(30-31(15)26(32)29-2)18-7-5-16(6-8-18)17-9-11-19(27)12-10-17/h5-12,14-15H,13H2,1-4H3,(H,29,32). The molecule has 3 aromatic carbocycles. The third-order valence-corrected chi connectivity index (χ3v) is 5.84. The lowest BCUT2D eigenvalue weighted by atomic mass is 9.92. The van der Waals surface area contributed by atoms with Crippen LogP contribution in [0.15, 0.2) is 59.7 Å². The number of carbonyl (C=O) groups excluding carboxylic acids is 1. The number of halogens is 2. The topological polar surface area (TPSA) is 63.2 Å². The Balaban J connectivity index is 1.92. The number of methoxy groups -OCH3 is 2. The normalized spacial score (nSPS) is 15.2. The number of ether oxygens (including phenoxy) is 2. The number of nitrogens with one attached hydrogen (secondary N) is 1.